The fourth-order valence-corrected chi connectivity index (χ4v) is 3.18. The zero-order valence-corrected chi connectivity index (χ0v) is 16.1. The van der Waals surface area contributed by atoms with E-state index < -0.39 is 24.7 Å². The van der Waals surface area contributed by atoms with Crippen LogP contribution in [-0.2, 0) is 0 Å². The molecule has 0 unspecified atom stereocenters. The summed E-state index contributed by atoms with van der Waals surface area (Å²) in [6.45, 7) is -3.17. The molecule has 0 bridgehead atoms. The van der Waals surface area contributed by atoms with Crippen molar-refractivity contribution in [2.45, 2.75) is 25.2 Å². The minimum absolute atomic E-state index is 0.0181. The van der Waals surface area contributed by atoms with Crippen molar-refractivity contribution < 1.29 is 32.2 Å². The number of carbonyl (C=O) groups excluding carboxylic acids is 1. The molecule has 1 aromatic carbocycles. The molecule has 0 radical (unpaired) electrons. The summed E-state index contributed by atoms with van der Waals surface area (Å²) in [6.07, 6.45) is 2.25. The molecule has 1 aliphatic rings. The van der Waals surface area contributed by atoms with Crippen molar-refractivity contribution in [1.82, 2.24) is 14.9 Å². The molecule has 158 valence electrons. The van der Waals surface area contributed by atoms with E-state index in [1.54, 1.807) is 29.0 Å². The average molecular weight is 421 g/mol. The molecular formula is C20H18F3N3O4. The predicted octanol–water partition coefficient (Wildman–Crippen LogP) is 3.46. The Labute approximate surface area is 169 Å². The molecule has 1 N–H and O–H groups in total. The van der Waals surface area contributed by atoms with E-state index in [2.05, 4.69) is 15.2 Å². The highest BCUT2D eigenvalue weighted by Crippen LogP contribution is 2.38. The van der Waals surface area contributed by atoms with Gasteiger partial charge in [-0.15, -0.1) is 0 Å². The quantitative estimate of drug-likeness (QED) is 0.633. The van der Waals surface area contributed by atoms with Crippen LogP contribution >= 0.6 is 0 Å². The van der Waals surface area contributed by atoms with Crippen molar-refractivity contribution in [1.29, 1.82) is 0 Å². The van der Waals surface area contributed by atoms with Crippen LogP contribution in [0.5, 0.6) is 17.2 Å². The topological polar surface area (TPSA) is 74.1 Å². The molecule has 7 nitrogen and oxygen atoms in total. The summed E-state index contributed by atoms with van der Waals surface area (Å²) >= 11 is 0. The summed E-state index contributed by atoms with van der Waals surface area (Å²) in [5, 5.41) is 6.70. The average Bonchev–Trinajstić information content (AvgIpc) is 3.24. The standard InChI is InChI=1S/C20H18F3N3O4/c1-28-11-3-4-15-12(8-24-26(15)9-11)10-5-16(29-2)18(17(6-10)30-20(22)23)19(27)25-14-7-13(14)21/h3-6,8-9,13-14,20H,7H2,1-2H3,(H,25,27)/t13-,14+/m0/s1. The fraction of sp³-hybridized carbons (Fsp3) is 0.300. The molecule has 2 atom stereocenters. The second-order valence-electron chi connectivity index (χ2n) is 6.72. The minimum Gasteiger partial charge on any atom is -0.496 e. The number of alkyl halides is 3. The minimum atomic E-state index is -3.17. The van der Waals surface area contributed by atoms with Gasteiger partial charge in [0, 0.05) is 12.0 Å². The smallest absolute Gasteiger partial charge is 0.387 e. The molecule has 1 saturated carbocycles. The largest absolute Gasteiger partial charge is 0.496 e. The number of amides is 1. The number of nitrogens with zero attached hydrogens (tertiary/aromatic N) is 2. The number of ether oxygens (including phenoxy) is 3. The van der Waals surface area contributed by atoms with E-state index in [4.69, 9.17) is 9.47 Å². The molecule has 0 aliphatic heterocycles. The number of aromatic nitrogens is 2. The van der Waals surface area contributed by atoms with Gasteiger partial charge >= 0.3 is 6.61 Å². The van der Waals surface area contributed by atoms with Gasteiger partial charge in [0.05, 0.1) is 38.2 Å². The first-order valence-electron chi connectivity index (χ1n) is 9.04. The van der Waals surface area contributed by atoms with Crippen LogP contribution < -0.4 is 19.5 Å². The van der Waals surface area contributed by atoms with E-state index in [9.17, 15) is 18.0 Å². The maximum Gasteiger partial charge on any atom is 0.387 e. The van der Waals surface area contributed by atoms with Gasteiger partial charge in [0.25, 0.3) is 5.91 Å². The zero-order valence-electron chi connectivity index (χ0n) is 16.1. The molecule has 0 saturated heterocycles. The third kappa shape index (κ3) is 3.72. The zero-order chi connectivity index (χ0) is 21.4. The maximum atomic E-state index is 13.2. The first-order valence-corrected chi connectivity index (χ1v) is 9.04. The number of fused-ring (bicyclic) bond motifs is 1. The highest BCUT2D eigenvalue weighted by Gasteiger charge is 2.40. The number of hydrogen-bond donors (Lipinski definition) is 1. The lowest BCUT2D eigenvalue weighted by Gasteiger charge is -2.16. The first kappa shape index (κ1) is 19.9. The third-order valence-electron chi connectivity index (χ3n) is 4.79. The van der Waals surface area contributed by atoms with Gasteiger partial charge in [-0.05, 0) is 29.8 Å². The Bertz CT molecular complexity index is 1100. The van der Waals surface area contributed by atoms with E-state index >= 15 is 0 Å². The molecule has 10 heteroatoms. The summed E-state index contributed by atoms with van der Waals surface area (Å²) in [4.78, 5) is 12.6. The van der Waals surface area contributed by atoms with Crippen LogP contribution in [0.25, 0.3) is 16.6 Å². The van der Waals surface area contributed by atoms with Crippen LogP contribution in [0.3, 0.4) is 0 Å². The van der Waals surface area contributed by atoms with Gasteiger partial charge in [0.1, 0.15) is 29.0 Å². The Morgan fingerprint density at radius 3 is 2.60 bits per heavy atom. The number of hydrogen-bond acceptors (Lipinski definition) is 5. The third-order valence-corrected chi connectivity index (χ3v) is 4.79. The highest BCUT2D eigenvalue weighted by atomic mass is 19.3. The SMILES string of the molecule is COc1ccc2c(-c3cc(OC)c(C(=O)N[C@@H]4C[C@@H]4F)c(OC(F)F)c3)cnn2c1. The van der Waals surface area contributed by atoms with Crippen LogP contribution in [0.4, 0.5) is 13.2 Å². The summed E-state index contributed by atoms with van der Waals surface area (Å²) in [6, 6.07) is 5.69. The van der Waals surface area contributed by atoms with Crippen molar-refractivity contribution in [3.05, 3.63) is 42.2 Å². The predicted molar refractivity (Wildman–Crippen MR) is 101 cm³/mol. The van der Waals surface area contributed by atoms with Gasteiger partial charge in [0.15, 0.2) is 0 Å². The van der Waals surface area contributed by atoms with Crippen molar-refractivity contribution in [2.24, 2.45) is 0 Å². The number of benzene rings is 1. The van der Waals surface area contributed by atoms with Crippen molar-refractivity contribution in [3.63, 3.8) is 0 Å². The Morgan fingerprint density at radius 1 is 1.23 bits per heavy atom. The Balaban J connectivity index is 1.80. The van der Waals surface area contributed by atoms with Gasteiger partial charge in [-0.2, -0.15) is 13.9 Å². The fourth-order valence-electron chi connectivity index (χ4n) is 3.18. The number of methoxy groups -OCH3 is 2. The summed E-state index contributed by atoms with van der Waals surface area (Å²) in [5.74, 6) is -0.510. The lowest BCUT2D eigenvalue weighted by Crippen LogP contribution is -2.28. The van der Waals surface area contributed by atoms with Gasteiger partial charge in [0.2, 0.25) is 0 Å². The van der Waals surface area contributed by atoms with Crippen molar-refractivity contribution >= 4 is 11.4 Å². The van der Waals surface area contributed by atoms with Crippen LogP contribution in [0.2, 0.25) is 0 Å². The summed E-state index contributed by atoms with van der Waals surface area (Å²) in [5.41, 5.74) is 1.51. The van der Waals surface area contributed by atoms with Gasteiger partial charge in [-0.3, -0.25) is 4.79 Å². The first-order chi connectivity index (χ1) is 14.4. The Morgan fingerprint density at radius 2 is 1.97 bits per heavy atom. The molecule has 1 aliphatic carbocycles. The maximum absolute atomic E-state index is 13.2. The second kappa shape index (κ2) is 7.77. The van der Waals surface area contributed by atoms with E-state index in [-0.39, 0.29) is 23.5 Å². The number of carbonyl (C=O) groups is 1. The molecule has 2 heterocycles. The van der Waals surface area contributed by atoms with Crippen molar-refractivity contribution in [3.8, 4) is 28.4 Å². The van der Waals surface area contributed by atoms with E-state index in [0.29, 0.717) is 22.4 Å². The molecule has 4 rings (SSSR count). The second-order valence-corrected chi connectivity index (χ2v) is 6.72. The van der Waals surface area contributed by atoms with E-state index in [1.165, 1.54) is 26.4 Å². The Hall–Kier alpha value is -3.43. The number of pyridine rings is 1. The molecule has 1 fully saturated rings. The van der Waals surface area contributed by atoms with Gasteiger partial charge < -0.3 is 19.5 Å². The van der Waals surface area contributed by atoms with Crippen LogP contribution in [-0.4, -0.2) is 48.6 Å². The van der Waals surface area contributed by atoms with E-state index in [0.717, 1.165) is 0 Å². The normalized spacial score (nSPS) is 17.8. The van der Waals surface area contributed by atoms with Crippen molar-refractivity contribution in [2.75, 3.05) is 14.2 Å². The molecule has 3 aromatic rings. The molecule has 30 heavy (non-hydrogen) atoms. The number of nitrogens with one attached hydrogen (secondary N) is 1. The molecular weight excluding hydrogens is 403 g/mol. The van der Waals surface area contributed by atoms with E-state index in [1.807, 2.05) is 0 Å². The monoisotopic (exact) mass is 421 g/mol. The summed E-state index contributed by atoms with van der Waals surface area (Å²) < 4.78 is 55.9. The molecule has 2 aromatic heterocycles. The lowest BCUT2D eigenvalue weighted by atomic mass is 10.0. The lowest BCUT2D eigenvalue weighted by molar-refractivity contribution is -0.0502. The number of halogens is 3. The Kier molecular flexibility index (Phi) is 5.15. The highest BCUT2D eigenvalue weighted by molar-refractivity contribution is 6.01. The van der Waals surface area contributed by atoms with Crippen LogP contribution in [0, 0.1) is 0 Å². The van der Waals surface area contributed by atoms with Crippen LogP contribution in [0.15, 0.2) is 36.7 Å². The molecule has 1 amide bonds. The summed E-state index contributed by atoms with van der Waals surface area (Å²) in [7, 11) is 2.83. The molecule has 0 spiro atoms. The van der Waals surface area contributed by atoms with Crippen LogP contribution in [0.1, 0.15) is 16.8 Å². The number of rotatable bonds is 7. The van der Waals surface area contributed by atoms with Gasteiger partial charge in [-0.1, -0.05) is 0 Å². The van der Waals surface area contributed by atoms with Gasteiger partial charge in [-0.25, -0.2) is 8.91 Å².